The highest BCUT2D eigenvalue weighted by Gasteiger charge is 2.10. The fourth-order valence-corrected chi connectivity index (χ4v) is 7.96. The van der Waals surface area contributed by atoms with Crippen LogP contribution in [0.1, 0.15) is 289 Å². The molecule has 456 valence electrons. The van der Waals surface area contributed by atoms with E-state index in [1.54, 1.807) is 0 Å². The molecule has 0 aromatic heterocycles. The summed E-state index contributed by atoms with van der Waals surface area (Å²) in [6.07, 6.45) is 26.2. The van der Waals surface area contributed by atoms with Crippen molar-refractivity contribution in [1.82, 2.24) is 26.6 Å². The number of hydrogen-bond acceptors (Lipinski definition) is 8. The van der Waals surface area contributed by atoms with Gasteiger partial charge in [-0.3, -0.25) is 0 Å². The smallest absolute Gasteiger partial charge is 0.0672 e. The van der Waals surface area contributed by atoms with Crippen molar-refractivity contribution < 1.29 is 14.2 Å². The van der Waals surface area contributed by atoms with Crippen LogP contribution < -0.4 is 26.6 Å². The quantitative estimate of drug-likeness (QED) is 0.164. The fraction of sp³-hybridized carbons (Fsp3) is 1.00. The van der Waals surface area contributed by atoms with Gasteiger partial charge in [0.15, 0.2) is 0 Å². The Morgan fingerprint density at radius 3 is 0.753 bits per heavy atom. The highest BCUT2D eigenvalue weighted by molar-refractivity contribution is 4.70. The zero-order chi connectivity index (χ0) is 56.9. The predicted octanol–water partition coefficient (Wildman–Crippen LogP) is 18.5. The molecule has 6 saturated heterocycles. The lowest BCUT2D eigenvalue weighted by Crippen LogP contribution is -2.46. The van der Waals surface area contributed by atoms with E-state index in [0.29, 0.717) is 12.1 Å². The average Bonchev–Trinajstić information content (AvgIpc) is 3.46. The van der Waals surface area contributed by atoms with Gasteiger partial charge in [-0.05, 0) is 127 Å². The van der Waals surface area contributed by atoms with Crippen LogP contribution in [0, 0.1) is 35.5 Å². The van der Waals surface area contributed by atoms with E-state index in [9.17, 15) is 0 Å². The van der Waals surface area contributed by atoms with Gasteiger partial charge in [-0.15, -0.1) is 0 Å². The number of piperidine rings is 2. The van der Waals surface area contributed by atoms with E-state index in [1.807, 2.05) is 111 Å². The van der Waals surface area contributed by atoms with Gasteiger partial charge in [0.2, 0.25) is 0 Å². The normalized spacial score (nSPS) is 24.5. The summed E-state index contributed by atoms with van der Waals surface area (Å²) < 4.78 is 15.6. The van der Waals surface area contributed by atoms with Crippen LogP contribution in [-0.2, 0) is 14.2 Å². The van der Waals surface area contributed by atoms with Crippen LogP contribution in [0.4, 0.5) is 0 Å². The molecular weight excluding hydrogens is 899 g/mol. The van der Waals surface area contributed by atoms with E-state index < -0.39 is 0 Å². The molecule has 0 aromatic rings. The molecule has 8 rings (SSSR count). The molecule has 6 aliphatic heterocycles. The summed E-state index contributed by atoms with van der Waals surface area (Å²) in [5, 5.41) is 16.5. The van der Waals surface area contributed by atoms with Gasteiger partial charge in [-0.25, -0.2) is 0 Å². The van der Waals surface area contributed by atoms with E-state index >= 15 is 0 Å². The third kappa shape index (κ3) is 85.8. The molecule has 6 atom stereocenters. The highest BCUT2D eigenvalue weighted by Crippen LogP contribution is 2.23. The van der Waals surface area contributed by atoms with Crippen molar-refractivity contribution in [3.05, 3.63) is 0 Å². The van der Waals surface area contributed by atoms with Crippen LogP contribution in [0.15, 0.2) is 0 Å². The van der Waals surface area contributed by atoms with Crippen LogP contribution in [0.3, 0.4) is 0 Å². The lowest BCUT2D eigenvalue weighted by Gasteiger charge is -2.19. The van der Waals surface area contributed by atoms with Gasteiger partial charge in [0, 0.05) is 65.2 Å². The molecule has 0 bridgehead atoms. The highest BCUT2D eigenvalue weighted by atomic mass is 16.5. The summed E-state index contributed by atoms with van der Waals surface area (Å²) in [6.45, 7) is 65.2. The molecular formula is C65H153N5O3. The lowest BCUT2D eigenvalue weighted by molar-refractivity contribution is 0.0410. The largest absolute Gasteiger partial charge is 0.381 e. The van der Waals surface area contributed by atoms with Crippen molar-refractivity contribution in [2.24, 2.45) is 35.5 Å². The van der Waals surface area contributed by atoms with E-state index in [0.717, 1.165) is 101 Å². The third-order valence-corrected chi connectivity index (χ3v) is 12.0. The van der Waals surface area contributed by atoms with Crippen LogP contribution in [-0.4, -0.2) is 104 Å². The second-order valence-electron chi connectivity index (χ2n) is 19.0. The minimum absolute atomic E-state index is 0. The molecule has 0 amide bonds. The Morgan fingerprint density at radius 2 is 0.616 bits per heavy atom. The number of rotatable bonds is 0. The van der Waals surface area contributed by atoms with Crippen molar-refractivity contribution in [3.8, 4) is 0 Å². The Kier molecular flexibility index (Phi) is 111. The zero-order valence-electron chi connectivity index (χ0n) is 55.0. The van der Waals surface area contributed by atoms with Gasteiger partial charge in [-0.1, -0.05) is 224 Å². The van der Waals surface area contributed by atoms with E-state index in [1.165, 1.54) is 142 Å². The molecule has 5 N–H and O–H groups in total. The van der Waals surface area contributed by atoms with Crippen molar-refractivity contribution in [2.45, 2.75) is 301 Å². The number of hydrogen-bond donors (Lipinski definition) is 5. The lowest BCUT2D eigenvalue weighted by atomic mass is 9.91. The Bertz CT molecular complexity index is 572. The number of piperazine rings is 1. The molecule has 8 aliphatic rings. The Labute approximate surface area is 467 Å². The third-order valence-electron chi connectivity index (χ3n) is 12.0. The van der Waals surface area contributed by atoms with Crippen molar-refractivity contribution in [3.63, 3.8) is 0 Å². The van der Waals surface area contributed by atoms with Gasteiger partial charge in [0.05, 0.1) is 12.7 Å². The first-order valence-corrected chi connectivity index (χ1v) is 32.5. The molecule has 8 nitrogen and oxygen atoms in total. The molecule has 73 heavy (non-hydrogen) atoms. The summed E-state index contributed by atoms with van der Waals surface area (Å²) in [6, 6.07) is 0.675. The summed E-state index contributed by atoms with van der Waals surface area (Å²) in [5.41, 5.74) is 0. The molecule has 0 spiro atoms. The topological polar surface area (TPSA) is 87.8 Å². The van der Waals surface area contributed by atoms with Gasteiger partial charge >= 0.3 is 0 Å². The minimum atomic E-state index is 0. The van der Waals surface area contributed by atoms with E-state index in [4.69, 9.17) is 14.2 Å². The predicted molar refractivity (Wildman–Crippen MR) is 342 cm³/mol. The van der Waals surface area contributed by atoms with E-state index in [-0.39, 0.29) is 7.43 Å². The molecule has 8 fully saturated rings. The first-order chi connectivity index (χ1) is 35.2. The summed E-state index contributed by atoms with van der Waals surface area (Å²) >= 11 is 0. The summed E-state index contributed by atoms with van der Waals surface area (Å²) in [4.78, 5) is 0. The maximum atomic E-state index is 5.22. The standard InChI is InChI=1S/2C7H14.2C6H13N.2C6H12O.C5H12N2.C5H11NO.8C2H6.CH4/c2*1-7-5-3-2-4-6-7;4*1-6-3-2-4-7-5-6;2*1-5-4-6-2-3-7-5;8*1-2;/h2*7H,2-6H2,1H3;2*6-7H,2-5H2,1H3;2*6H,2-5H2,1H3;5-7H,2-4H2,1H3;5-6H,2-4H2,1H3;8*1-2H3;1H4/t;;4*6-;2*5-;;;;;;;;;/m..101011........./s1. The maximum Gasteiger partial charge on any atom is 0.0672 e. The SMILES string of the molecule is C.CC.CC.CC.CC.CC.CC.CC.CC.CC1CCCCC1.CC1CCCCC1.C[C@@H]1CCCNC1.C[C@@H]1CCCOC1.C[C@@H]1CNCCN1.C[C@@H]1CNCCO1.C[C@H]1CCCNC1.C[C@H]1CCCOC1. The van der Waals surface area contributed by atoms with Gasteiger partial charge in [0.1, 0.15) is 0 Å². The van der Waals surface area contributed by atoms with E-state index in [2.05, 4.69) is 82.0 Å². The minimum Gasteiger partial charge on any atom is -0.381 e. The molecule has 2 aliphatic carbocycles. The van der Waals surface area contributed by atoms with Crippen LogP contribution >= 0.6 is 0 Å². The zero-order valence-corrected chi connectivity index (χ0v) is 55.0. The van der Waals surface area contributed by atoms with Crippen molar-refractivity contribution >= 4 is 0 Å². The molecule has 6 heterocycles. The summed E-state index contributed by atoms with van der Waals surface area (Å²) in [7, 11) is 0. The van der Waals surface area contributed by atoms with Crippen LogP contribution in [0.2, 0.25) is 0 Å². The van der Waals surface area contributed by atoms with Crippen LogP contribution in [0.5, 0.6) is 0 Å². The molecule has 8 heteroatoms. The first-order valence-electron chi connectivity index (χ1n) is 32.5. The number of nitrogens with one attached hydrogen (secondary N) is 5. The Balaban J connectivity index is -0.0000000879. The monoisotopic (exact) mass is 1050 g/mol. The molecule has 2 saturated carbocycles. The molecule has 0 unspecified atom stereocenters. The maximum absolute atomic E-state index is 5.22. The fourth-order valence-electron chi connectivity index (χ4n) is 7.96. The number of ether oxygens (including phenoxy) is 3. The van der Waals surface area contributed by atoms with Crippen molar-refractivity contribution in [2.75, 3.05) is 91.9 Å². The second-order valence-corrected chi connectivity index (χ2v) is 19.0. The van der Waals surface area contributed by atoms with Gasteiger partial charge in [0.25, 0.3) is 0 Å². The first kappa shape index (κ1) is 92.1. The van der Waals surface area contributed by atoms with Gasteiger partial charge < -0.3 is 40.8 Å². The van der Waals surface area contributed by atoms with Crippen molar-refractivity contribution in [1.29, 1.82) is 0 Å². The number of morpholine rings is 1. The molecule has 0 radical (unpaired) electrons. The molecule has 0 aromatic carbocycles. The average molecular weight is 1050 g/mol. The second kappa shape index (κ2) is 88.3. The Morgan fingerprint density at radius 1 is 0.288 bits per heavy atom. The summed E-state index contributed by atoms with van der Waals surface area (Å²) in [5.74, 6) is 5.55. The van der Waals surface area contributed by atoms with Gasteiger partial charge in [-0.2, -0.15) is 0 Å². The Hall–Kier alpha value is -0.320. The van der Waals surface area contributed by atoms with Crippen LogP contribution in [0.25, 0.3) is 0 Å².